The maximum Gasteiger partial charge on any atom is 0.0629 e. The number of rotatable bonds is 4. The summed E-state index contributed by atoms with van der Waals surface area (Å²) in [6.45, 7) is 6.09. The Bertz CT molecular complexity index is 619. The molecule has 0 radical (unpaired) electrons. The van der Waals surface area contributed by atoms with Crippen LogP contribution in [0.2, 0.25) is 5.02 Å². The zero-order chi connectivity index (χ0) is 14.9. The molecule has 0 saturated carbocycles. The number of nitrogens with two attached hydrogens (primary N) is 1. The number of hydrazine groups is 1. The van der Waals surface area contributed by atoms with E-state index in [2.05, 4.69) is 23.5 Å². The van der Waals surface area contributed by atoms with E-state index in [1.807, 2.05) is 37.7 Å². The molecule has 0 aliphatic rings. The number of aromatic nitrogens is 2. The maximum atomic E-state index is 6.20. The molecule has 1 atom stereocenters. The average molecular weight is 293 g/mol. The van der Waals surface area contributed by atoms with Crippen molar-refractivity contribution in [2.75, 3.05) is 0 Å². The minimum absolute atomic E-state index is 0.0229. The highest BCUT2D eigenvalue weighted by atomic mass is 35.5. The number of hydrogen-bond donors (Lipinski definition) is 2. The zero-order valence-corrected chi connectivity index (χ0v) is 13.1. The molecule has 0 amide bonds. The summed E-state index contributed by atoms with van der Waals surface area (Å²) in [5.74, 6) is 5.73. The van der Waals surface area contributed by atoms with Crippen LogP contribution >= 0.6 is 11.6 Å². The molecule has 5 heteroatoms. The minimum Gasteiger partial charge on any atom is -0.272 e. The molecule has 1 heterocycles. The molecule has 1 unspecified atom stereocenters. The van der Waals surface area contributed by atoms with Crippen LogP contribution in [0.4, 0.5) is 0 Å². The van der Waals surface area contributed by atoms with Gasteiger partial charge in [0, 0.05) is 17.8 Å². The van der Waals surface area contributed by atoms with Crippen molar-refractivity contribution in [3.05, 3.63) is 51.3 Å². The van der Waals surface area contributed by atoms with E-state index in [-0.39, 0.29) is 6.04 Å². The van der Waals surface area contributed by atoms with E-state index in [9.17, 15) is 0 Å². The molecule has 0 spiro atoms. The Labute approximate surface area is 124 Å². The predicted octanol–water partition coefficient (Wildman–Crippen LogP) is 2.75. The Balaban J connectivity index is 2.31. The van der Waals surface area contributed by atoms with Crippen molar-refractivity contribution >= 4 is 11.6 Å². The van der Waals surface area contributed by atoms with E-state index in [4.69, 9.17) is 17.4 Å². The lowest BCUT2D eigenvalue weighted by molar-refractivity contribution is 0.549. The molecule has 0 fully saturated rings. The van der Waals surface area contributed by atoms with Crippen LogP contribution in [0.25, 0.3) is 0 Å². The summed E-state index contributed by atoms with van der Waals surface area (Å²) in [4.78, 5) is 0. The second-order valence-electron chi connectivity index (χ2n) is 5.20. The number of benzene rings is 1. The number of aryl methyl sites for hydroxylation is 3. The van der Waals surface area contributed by atoms with E-state index in [0.29, 0.717) is 0 Å². The Morgan fingerprint density at radius 2 is 2.05 bits per heavy atom. The van der Waals surface area contributed by atoms with Crippen LogP contribution in [0.15, 0.2) is 18.2 Å². The topological polar surface area (TPSA) is 55.9 Å². The van der Waals surface area contributed by atoms with Gasteiger partial charge in [-0.1, -0.05) is 23.7 Å². The average Bonchev–Trinajstić information content (AvgIpc) is 2.65. The van der Waals surface area contributed by atoms with Crippen molar-refractivity contribution in [1.29, 1.82) is 0 Å². The lowest BCUT2D eigenvalue weighted by atomic mass is 9.97. The van der Waals surface area contributed by atoms with Gasteiger partial charge in [0.1, 0.15) is 0 Å². The van der Waals surface area contributed by atoms with E-state index >= 15 is 0 Å². The van der Waals surface area contributed by atoms with Crippen LogP contribution in [0.5, 0.6) is 0 Å². The van der Waals surface area contributed by atoms with Crippen LogP contribution < -0.4 is 11.3 Å². The summed E-state index contributed by atoms with van der Waals surface area (Å²) in [6.07, 6.45) is 0.793. The molecule has 3 N–H and O–H groups in total. The molecule has 0 bridgehead atoms. The Hall–Kier alpha value is -1.36. The van der Waals surface area contributed by atoms with Gasteiger partial charge in [-0.05, 0) is 49.9 Å². The van der Waals surface area contributed by atoms with Gasteiger partial charge in [0.2, 0.25) is 0 Å². The second-order valence-corrected chi connectivity index (χ2v) is 5.61. The van der Waals surface area contributed by atoms with E-state index in [1.165, 1.54) is 11.3 Å². The van der Waals surface area contributed by atoms with Gasteiger partial charge in [0.15, 0.2) is 0 Å². The van der Waals surface area contributed by atoms with Gasteiger partial charge in [-0.15, -0.1) is 0 Å². The normalized spacial score (nSPS) is 12.7. The third-order valence-electron chi connectivity index (χ3n) is 3.87. The Kier molecular flexibility index (Phi) is 4.48. The number of nitrogens with zero attached hydrogens (tertiary/aromatic N) is 2. The molecule has 4 nitrogen and oxygen atoms in total. The Morgan fingerprint density at radius 3 is 2.55 bits per heavy atom. The lowest BCUT2D eigenvalue weighted by Gasteiger charge is -2.17. The third kappa shape index (κ3) is 2.87. The summed E-state index contributed by atoms with van der Waals surface area (Å²) in [6, 6.07) is 6.08. The van der Waals surface area contributed by atoms with Gasteiger partial charge in [0.25, 0.3) is 0 Å². The second kappa shape index (κ2) is 5.95. The molecule has 0 saturated heterocycles. The number of halogens is 1. The van der Waals surface area contributed by atoms with Gasteiger partial charge >= 0.3 is 0 Å². The van der Waals surface area contributed by atoms with Crippen molar-refractivity contribution in [3.8, 4) is 0 Å². The highest BCUT2D eigenvalue weighted by molar-refractivity contribution is 6.31. The van der Waals surface area contributed by atoms with Crippen molar-refractivity contribution < 1.29 is 0 Å². The van der Waals surface area contributed by atoms with E-state index < -0.39 is 0 Å². The molecule has 2 rings (SSSR count). The molecular weight excluding hydrogens is 272 g/mol. The number of nitrogens with one attached hydrogen (secondary N) is 1. The Morgan fingerprint density at radius 1 is 1.35 bits per heavy atom. The van der Waals surface area contributed by atoms with Gasteiger partial charge in [-0.2, -0.15) is 5.10 Å². The lowest BCUT2D eigenvalue weighted by Crippen LogP contribution is -2.29. The molecule has 0 aliphatic carbocycles. The van der Waals surface area contributed by atoms with E-state index in [1.54, 1.807) is 0 Å². The molecule has 2 aromatic rings. The molecule has 20 heavy (non-hydrogen) atoms. The van der Waals surface area contributed by atoms with Crippen LogP contribution in [0.3, 0.4) is 0 Å². The summed E-state index contributed by atoms with van der Waals surface area (Å²) in [5, 5.41) is 5.21. The van der Waals surface area contributed by atoms with Crippen LogP contribution in [-0.4, -0.2) is 9.78 Å². The largest absolute Gasteiger partial charge is 0.272 e. The first-order chi connectivity index (χ1) is 9.43. The van der Waals surface area contributed by atoms with Gasteiger partial charge in [-0.3, -0.25) is 16.0 Å². The predicted molar refractivity (Wildman–Crippen MR) is 82.6 cm³/mol. The zero-order valence-electron chi connectivity index (χ0n) is 12.4. The summed E-state index contributed by atoms with van der Waals surface area (Å²) < 4.78 is 1.90. The summed E-state index contributed by atoms with van der Waals surface area (Å²) in [7, 11) is 1.96. The molecule has 0 aliphatic heterocycles. The van der Waals surface area contributed by atoms with Gasteiger partial charge in [0.05, 0.1) is 11.7 Å². The quantitative estimate of drug-likeness (QED) is 0.673. The van der Waals surface area contributed by atoms with Crippen LogP contribution in [-0.2, 0) is 13.5 Å². The standard InChI is InChI=1S/C15H21ClN4/c1-9-5-6-12(7-14(9)16)15(18-17)8-13-10(2)19-20(4)11(13)3/h5-7,15,18H,8,17H2,1-4H3. The van der Waals surface area contributed by atoms with Crippen molar-refractivity contribution in [1.82, 2.24) is 15.2 Å². The van der Waals surface area contributed by atoms with Crippen molar-refractivity contribution in [2.45, 2.75) is 33.2 Å². The first-order valence-corrected chi connectivity index (χ1v) is 7.03. The van der Waals surface area contributed by atoms with Crippen LogP contribution in [0, 0.1) is 20.8 Å². The first-order valence-electron chi connectivity index (χ1n) is 6.65. The highest BCUT2D eigenvalue weighted by Gasteiger charge is 2.17. The SMILES string of the molecule is Cc1ccc(C(Cc2c(C)nn(C)c2C)NN)cc1Cl. The molecule has 1 aromatic heterocycles. The highest BCUT2D eigenvalue weighted by Crippen LogP contribution is 2.25. The molecular formula is C15H21ClN4. The minimum atomic E-state index is 0.0229. The van der Waals surface area contributed by atoms with Crippen LogP contribution in [0.1, 0.15) is 34.1 Å². The van der Waals surface area contributed by atoms with E-state index in [0.717, 1.165) is 28.3 Å². The smallest absolute Gasteiger partial charge is 0.0629 e. The molecule has 1 aromatic carbocycles. The summed E-state index contributed by atoms with van der Waals surface area (Å²) in [5.41, 5.74) is 8.48. The fourth-order valence-corrected chi connectivity index (χ4v) is 2.60. The fraction of sp³-hybridized carbons (Fsp3) is 0.400. The first kappa shape index (κ1) is 15.0. The van der Waals surface area contributed by atoms with Gasteiger partial charge in [-0.25, -0.2) is 0 Å². The third-order valence-corrected chi connectivity index (χ3v) is 4.27. The monoisotopic (exact) mass is 292 g/mol. The number of hydrogen-bond acceptors (Lipinski definition) is 3. The van der Waals surface area contributed by atoms with Gasteiger partial charge < -0.3 is 0 Å². The maximum absolute atomic E-state index is 6.20. The summed E-state index contributed by atoms with van der Waals surface area (Å²) >= 11 is 6.20. The van der Waals surface area contributed by atoms with Crippen molar-refractivity contribution in [2.24, 2.45) is 12.9 Å². The molecule has 108 valence electrons. The fourth-order valence-electron chi connectivity index (χ4n) is 2.42. The van der Waals surface area contributed by atoms with Crippen molar-refractivity contribution in [3.63, 3.8) is 0 Å².